The molecule has 0 aliphatic rings. The van der Waals surface area contributed by atoms with Crippen LogP contribution in [0.3, 0.4) is 0 Å². The molecule has 0 fully saturated rings. The van der Waals surface area contributed by atoms with Crippen molar-refractivity contribution in [2.45, 2.75) is 13.8 Å². The molecule has 0 atom stereocenters. The molecule has 2 amide bonds. The van der Waals surface area contributed by atoms with E-state index in [4.69, 9.17) is 9.47 Å². The molecule has 0 unspecified atom stereocenters. The van der Waals surface area contributed by atoms with E-state index < -0.39 is 22.4 Å². The Morgan fingerprint density at radius 2 is 1.67 bits per heavy atom. The number of methoxy groups -OCH3 is 1. The van der Waals surface area contributed by atoms with Crippen LogP contribution in [-0.2, 0) is 0 Å². The summed E-state index contributed by atoms with van der Waals surface area (Å²) < 4.78 is 10.6. The molecule has 3 aromatic rings. The first kappa shape index (κ1) is 23.3. The molecule has 9 heteroatoms. The van der Waals surface area contributed by atoms with Crippen molar-refractivity contribution in [3.63, 3.8) is 0 Å². The van der Waals surface area contributed by atoms with Crippen molar-refractivity contribution >= 4 is 28.9 Å². The zero-order valence-electron chi connectivity index (χ0n) is 18.4. The normalized spacial score (nSPS) is 10.3. The lowest BCUT2D eigenvalue weighted by Crippen LogP contribution is -2.19. The fourth-order valence-corrected chi connectivity index (χ4v) is 3.21. The van der Waals surface area contributed by atoms with E-state index in [1.165, 1.54) is 13.2 Å². The number of amides is 2. The molecular weight excluding hydrogens is 426 g/mol. The number of nitrogens with one attached hydrogen (secondary N) is 2. The van der Waals surface area contributed by atoms with Crippen LogP contribution in [0.15, 0.2) is 60.7 Å². The summed E-state index contributed by atoms with van der Waals surface area (Å²) in [4.78, 5) is 36.8. The fourth-order valence-electron chi connectivity index (χ4n) is 3.21. The predicted molar refractivity (Wildman–Crippen MR) is 124 cm³/mol. The van der Waals surface area contributed by atoms with Gasteiger partial charge >= 0.3 is 0 Å². The van der Waals surface area contributed by atoms with Crippen molar-refractivity contribution in [3.8, 4) is 11.5 Å². The van der Waals surface area contributed by atoms with Crippen LogP contribution >= 0.6 is 0 Å². The Morgan fingerprint density at radius 1 is 0.939 bits per heavy atom. The van der Waals surface area contributed by atoms with E-state index in [1.54, 1.807) is 37.3 Å². The highest BCUT2D eigenvalue weighted by atomic mass is 16.6. The number of nitrogens with zero attached hydrogens (tertiary/aromatic N) is 1. The summed E-state index contributed by atoms with van der Waals surface area (Å²) in [7, 11) is 1.37. The number of benzene rings is 3. The highest BCUT2D eigenvalue weighted by molar-refractivity contribution is 6.13. The molecule has 2 N–H and O–H groups in total. The van der Waals surface area contributed by atoms with Gasteiger partial charge in [0, 0.05) is 11.8 Å². The second-order valence-electron chi connectivity index (χ2n) is 7.03. The zero-order valence-corrected chi connectivity index (χ0v) is 18.4. The number of aryl methyl sites for hydroxylation is 1. The first-order valence-corrected chi connectivity index (χ1v) is 10.1. The molecule has 33 heavy (non-hydrogen) atoms. The van der Waals surface area contributed by atoms with Crippen LogP contribution in [0.4, 0.5) is 17.1 Å². The molecule has 0 aliphatic heterocycles. The SMILES string of the molecule is CCOc1cc([N+](=O)[O-])c(C(=O)Nc2ccccc2C(=O)Nc2cccc(C)c2)cc1OC. The second-order valence-corrected chi connectivity index (χ2v) is 7.03. The summed E-state index contributed by atoms with van der Waals surface area (Å²) in [5, 5.41) is 17.0. The lowest BCUT2D eigenvalue weighted by atomic mass is 10.1. The van der Waals surface area contributed by atoms with Crippen LogP contribution in [0.2, 0.25) is 0 Å². The third-order valence-electron chi connectivity index (χ3n) is 4.72. The maximum atomic E-state index is 13.0. The summed E-state index contributed by atoms with van der Waals surface area (Å²) in [5.74, 6) is -0.867. The van der Waals surface area contributed by atoms with Crippen LogP contribution in [0.5, 0.6) is 11.5 Å². The molecule has 3 aromatic carbocycles. The number of nitro groups is 1. The summed E-state index contributed by atoms with van der Waals surface area (Å²) in [6.07, 6.45) is 0. The van der Waals surface area contributed by atoms with Gasteiger partial charge in [0.25, 0.3) is 17.5 Å². The lowest BCUT2D eigenvalue weighted by Gasteiger charge is -2.14. The minimum absolute atomic E-state index is 0.154. The number of anilines is 2. The molecule has 0 spiro atoms. The number of para-hydroxylation sites is 1. The van der Waals surface area contributed by atoms with Gasteiger partial charge in [0.1, 0.15) is 5.56 Å². The summed E-state index contributed by atoms with van der Waals surface area (Å²) >= 11 is 0. The van der Waals surface area contributed by atoms with Gasteiger partial charge in [0.05, 0.1) is 36.0 Å². The molecule has 0 aliphatic carbocycles. The van der Waals surface area contributed by atoms with E-state index >= 15 is 0 Å². The number of nitro benzene ring substituents is 1. The van der Waals surface area contributed by atoms with Crippen molar-refractivity contribution < 1.29 is 24.0 Å². The molecule has 0 heterocycles. The van der Waals surface area contributed by atoms with E-state index in [1.807, 2.05) is 25.1 Å². The lowest BCUT2D eigenvalue weighted by molar-refractivity contribution is -0.385. The zero-order chi connectivity index (χ0) is 24.0. The molecule has 0 bridgehead atoms. The third-order valence-corrected chi connectivity index (χ3v) is 4.72. The third kappa shape index (κ3) is 5.45. The van der Waals surface area contributed by atoms with Crippen LogP contribution in [0.25, 0.3) is 0 Å². The largest absolute Gasteiger partial charge is 0.493 e. The molecule has 0 saturated carbocycles. The maximum absolute atomic E-state index is 13.0. The first-order valence-electron chi connectivity index (χ1n) is 10.1. The predicted octanol–water partition coefficient (Wildman–Crippen LogP) is 4.82. The van der Waals surface area contributed by atoms with Crippen LogP contribution in [0.1, 0.15) is 33.2 Å². The fraction of sp³-hybridized carbons (Fsp3) is 0.167. The average molecular weight is 449 g/mol. The van der Waals surface area contributed by atoms with Crippen molar-refractivity contribution in [1.82, 2.24) is 0 Å². The van der Waals surface area contributed by atoms with Gasteiger partial charge in [-0.25, -0.2) is 0 Å². The van der Waals surface area contributed by atoms with Gasteiger partial charge in [0.2, 0.25) is 0 Å². The number of carbonyl (C=O) groups excluding carboxylic acids is 2. The topological polar surface area (TPSA) is 120 Å². The van der Waals surface area contributed by atoms with Crippen LogP contribution in [0, 0.1) is 17.0 Å². The van der Waals surface area contributed by atoms with E-state index in [9.17, 15) is 19.7 Å². The maximum Gasteiger partial charge on any atom is 0.286 e. The van der Waals surface area contributed by atoms with Gasteiger partial charge in [-0.3, -0.25) is 19.7 Å². The number of ether oxygens (including phenoxy) is 2. The Labute approximate surface area is 190 Å². The van der Waals surface area contributed by atoms with Crippen LogP contribution in [-0.4, -0.2) is 30.5 Å². The van der Waals surface area contributed by atoms with Gasteiger partial charge in [-0.1, -0.05) is 24.3 Å². The Bertz CT molecular complexity index is 1210. The standard InChI is InChI=1S/C24H23N3O6/c1-4-33-22-14-20(27(30)31)18(13-21(22)32-3)24(29)26-19-11-6-5-10-17(19)23(28)25-16-9-7-8-15(2)12-16/h5-14H,4H2,1-3H3,(H,25,28)(H,26,29). The number of carbonyl (C=O) groups is 2. The van der Waals surface area contributed by atoms with Crippen molar-refractivity contribution in [2.24, 2.45) is 0 Å². The number of hydrogen-bond donors (Lipinski definition) is 2. The molecule has 0 radical (unpaired) electrons. The van der Waals surface area contributed by atoms with Gasteiger partial charge < -0.3 is 20.1 Å². The number of hydrogen-bond acceptors (Lipinski definition) is 6. The van der Waals surface area contributed by atoms with Crippen LogP contribution < -0.4 is 20.1 Å². The second kappa shape index (κ2) is 10.3. The molecule has 170 valence electrons. The Balaban J connectivity index is 1.92. The quantitative estimate of drug-likeness (QED) is 0.376. The van der Waals surface area contributed by atoms with E-state index in [2.05, 4.69) is 10.6 Å². The molecule has 0 aromatic heterocycles. The Morgan fingerprint density at radius 3 is 2.33 bits per heavy atom. The minimum Gasteiger partial charge on any atom is -0.493 e. The van der Waals surface area contributed by atoms with Crippen molar-refractivity contribution in [2.75, 3.05) is 24.4 Å². The minimum atomic E-state index is -0.765. The van der Waals surface area contributed by atoms with Crippen molar-refractivity contribution in [3.05, 3.63) is 87.5 Å². The van der Waals surface area contributed by atoms with Gasteiger partial charge in [-0.2, -0.15) is 0 Å². The molecule has 3 rings (SSSR count). The van der Waals surface area contributed by atoms with Gasteiger partial charge in [-0.15, -0.1) is 0 Å². The molecule has 9 nitrogen and oxygen atoms in total. The van der Waals surface area contributed by atoms with Crippen molar-refractivity contribution in [1.29, 1.82) is 0 Å². The Hall–Kier alpha value is -4.40. The monoisotopic (exact) mass is 449 g/mol. The summed E-state index contributed by atoms with van der Waals surface area (Å²) in [5.41, 5.74) is 1.31. The highest BCUT2D eigenvalue weighted by Crippen LogP contribution is 2.35. The molecular formula is C24H23N3O6. The van der Waals surface area contributed by atoms with E-state index in [0.29, 0.717) is 5.69 Å². The van der Waals surface area contributed by atoms with Gasteiger partial charge in [-0.05, 0) is 43.7 Å². The van der Waals surface area contributed by atoms with Gasteiger partial charge in [0.15, 0.2) is 11.5 Å². The summed E-state index contributed by atoms with van der Waals surface area (Å²) in [6, 6.07) is 16.1. The first-order chi connectivity index (χ1) is 15.8. The summed E-state index contributed by atoms with van der Waals surface area (Å²) in [6.45, 7) is 3.90. The van der Waals surface area contributed by atoms with E-state index in [-0.39, 0.29) is 34.9 Å². The smallest absolute Gasteiger partial charge is 0.286 e. The average Bonchev–Trinajstić information content (AvgIpc) is 2.79. The highest BCUT2D eigenvalue weighted by Gasteiger charge is 2.26. The molecule has 0 saturated heterocycles. The Kier molecular flexibility index (Phi) is 7.24. The number of rotatable bonds is 8. The van der Waals surface area contributed by atoms with E-state index in [0.717, 1.165) is 11.6 Å².